The molecule has 3 rings (SSSR count). The first-order valence-electron chi connectivity index (χ1n) is 10.8. The van der Waals surface area contributed by atoms with Crippen molar-refractivity contribution in [1.82, 2.24) is 19.8 Å². The molecular formula is C21H31N5O4S. The summed E-state index contributed by atoms with van der Waals surface area (Å²) >= 11 is 0. The quantitative estimate of drug-likeness (QED) is 0.596. The van der Waals surface area contributed by atoms with Crippen LogP contribution in [0.5, 0.6) is 0 Å². The molecule has 0 radical (unpaired) electrons. The molecule has 2 amide bonds. The van der Waals surface area contributed by atoms with Gasteiger partial charge >= 0.3 is 6.03 Å². The van der Waals surface area contributed by atoms with Crippen LogP contribution in [0.25, 0.3) is 0 Å². The van der Waals surface area contributed by atoms with Crippen molar-refractivity contribution in [3.8, 4) is 0 Å². The van der Waals surface area contributed by atoms with Gasteiger partial charge in [0.25, 0.3) is 0 Å². The number of hydrogen-bond donors (Lipinski definition) is 2. The SMILES string of the molecule is CC(C)c1noc(CCCNC(=O)Nc2cccc(S(=O)(=O)N3CCCCCC3)c2)n1. The number of sulfonamides is 1. The number of benzene rings is 1. The third-order valence-corrected chi connectivity index (χ3v) is 7.04. The van der Waals surface area contributed by atoms with E-state index in [4.69, 9.17) is 4.52 Å². The number of anilines is 1. The Bertz CT molecular complexity index is 966. The van der Waals surface area contributed by atoms with Gasteiger partial charge in [0.1, 0.15) is 0 Å². The Labute approximate surface area is 183 Å². The molecule has 10 heteroatoms. The molecule has 31 heavy (non-hydrogen) atoms. The van der Waals surface area contributed by atoms with Crippen molar-refractivity contribution >= 4 is 21.7 Å². The molecule has 0 atom stereocenters. The highest BCUT2D eigenvalue weighted by Gasteiger charge is 2.25. The molecule has 170 valence electrons. The summed E-state index contributed by atoms with van der Waals surface area (Å²) in [5.41, 5.74) is 0.437. The molecule has 1 saturated heterocycles. The standard InChI is InChI=1S/C21H31N5O4S/c1-16(2)20-24-19(30-25-20)11-8-12-22-21(27)23-17-9-7-10-18(15-17)31(28,29)26-13-5-3-4-6-14-26/h7,9-10,15-16H,3-6,8,11-14H2,1-2H3,(H2,22,23,27). The second-order valence-corrected chi connectivity index (χ2v) is 9.97. The van der Waals surface area contributed by atoms with Gasteiger partial charge in [-0.15, -0.1) is 0 Å². The Kier molecular flexibility index (Phi) is 8.03. The molecule has 0 saturated carbocycles. The fourth-order valence-electron chi connectivity index (χ4n) is 3.39. The van der Waals surface area contributed by atoms with Gasteiger partial charge in [0.05, 0.1) is 4.90 Å². The van der Waals surface area contributed by atoms with Crippen LogP contribution < -0.4 is 10.6 Å². The fourth-order valence-corrected chi connectivity index (χ4v) is 4.95. The largest absolute Gasteiger partial charge is 0.339 e. The van der Waals surface area contributed by atoms with Crippen LogP contribution in [0.3, 0.4) is 0 Å². The number of rotatable bonds is 8. The number of nitrogens with zero attached hydrogens (tertiary/aromatic N) is 3. The monoisotopic (exact) mass is 449 g/mol. The average molecular weight is 450 g/mol. The second kappa shape index (κ2) is 10.7. The lowest BCUT2D eigenvalue weighted by molar-refractivity contribution is 0.251. The van der Waals surface area contributed by atoms with Crippen LogP contribution in [0.1, 0.15) is 63.6 Å². The lowest BCUT2D eigenvalue weighted by Gasteiger charge is -2.20. The van der Waals surface area contributed by atoms with E-state index < -0.39 is 16.1 Å². The zero-order valence-corrected chi connectivity index (χ0v) is 19.0. The summed E-state index contributed by atoms with van der Waals surface area (Å²) in [6.07, 6.45) is 5.09. The summed E-state index contributed by atoms with van der Waals surface area (Å²) in [4.78, 5) is 16.7. The minimum absolute atomic E-state index is 0.199. The number of urea groups is 1. The number of carbonyl (C=O) groups is 1. The first-order valence-corrected chi connectivity index (χ1v) is 12.3. The van der Waals surface area contributed by atoms with E-state index in [1.54, 1.807) is 22.5 Å². The lowest BCUT2D eigenvalue weighted by Crippen LogP contribution is -2.32. The Morgan fingerprint density at radius 3 is 2.61 bits per heavy atom. The van der Waals surface area contributed by atoms with E-state index in [1.807, 2.05) is 13.8 Å². The molecule has 0 unspecified atom stereocenters. The molecule has 1 aliphatic rings. The Balaban J connectivity index is 1.49. The third-order valence-electron chi connectivity index (χ3n) is 5.15. The summed E-state index contributed by atoms with van der Waals surface area (Å²) < 4.78 is 32.6. The molecule has 1 aromatic carbocycles. The van der Waals surface area contributed by atoms with Gasteiger partial charge in [-0.25, -0.2) is 13.2 Å². The first-order chi connectivity index (χ1) is 14.9. The van der Waals surface area contributed by atoms with Crippen LogP contribution >= 0.6 is 0 Å². The minimum atomic E-state index is -3.56. The number of amides is 2. The molecular weight excluding hydrogens is 418 g/mol. The topological polar surface area (TPSA) is 117 Å². The molecule has 2 N–H and O–H groups in total. The highest BCUT2D eigenvalue weighted by Crippen LogP contribution is 2.22. The predicted molar refractivity (Wildman–Crippen MR) is 117 cm³/mol. The average Bonchev–Trinajstić information content (AvgIpc) is 3.04. The van der Waals surface area contributed by atoms with Gasteiger partial charge < -0.3 is 15.2 Å². The number of hydrogen-bond acceptors (Lipinski definition) is 6. The summed E-state index contributed by atoms with van der Waals surface area (Å²) in [7, 11) is -3.56. The van der Waals surface area contributed by atoms with Gasteiger partial charge in [0, 0.05) is 37.7 Å². The van der Waals surface area contributed by atoms with E-state index in [9.17, 15) is 13.2 Å². The zero-order chi connectivity index (χ0) is 22.3. The second-order valence-electron chi connectivity index (χ2n) is 8.03. The van der Waals surface area contributed by atoms with Crippen LogP contribution in [-0.4, -0.2) is 48.5 Å². The molecule has 0 aliphatic carbocycles. The van der Waals surface area contributed by atoms with Gasteiger partial charge in [0.2, 0.25) is 15.9 Å². The van der Waals surface area contributed by atoms with Crippen molar-refractivity contribution in [1.29, 1.82) is 0 Å². The van der Waals surface area contributed by atoms with E-state index in [0.717, 1.165) is 25.7 Å². The van der Waals surface area contributed by atoms with Crippen LogP contribution in [0.2, 0.25) is 0 Å². The molecule has 2 aromatic rings. The van der Waals surface area contributed by atoms with Crippen LogP contribution in [0.15, 0.2) is 33.7 Å². The highest BCUT2D eigenvalue weighted by molar-refractivity contribution is 7.89. The van der Waals surface area contributed by atoms with Crippen molar-refractivity contribution in [3.05, 3.63) is 36.0 Å². The summed E-state index contributed by atoms with van der Waals surface area (Å²) in [5.74, 6) is 1.44. The van der Waals surface area contributed by atoms with E-state index in [1.165, 1.54) is 6.07 Å². The van der Waals surface area contributed by atoms with Crippen molar-refractivity contribution < 1.29 is 17.7 Å². The summed E-state index contributed by atoms with van der Waals surface area (Å²) in [6.45, 7) is 5.50. The number of nitrogens with one attached hydrogen (secondary N) is 2. The summed E-state index contributed by atoms with van der Waals surface area (Å²) in [5, 5.41) is 9.38. The maximum atomic E-state index is 12.9. The predicted octanol–water partition coefficient (Wildman–Crippen LogP) is 3.51. The molecule has 0 bridgehead atoms. The lowest BCUT2D eigenvalue weighted by atomic mass is 10.2. The molecule has 2 heterocycles. The molecule has 1 aromatic heterocycles. The van der Waals surface area contributed by atoms with Gasteiger partial charge in [-0.1, -0.05) is 37.9 Å². The number of carbonyl (C=O) groups excluding carboxylic acids is 1. The minimum Gasteiger partial charge on any atom is -0.339 e. The van der Waals surface area contributed by atoms with E-state index in [2.05, 4.69) is 20.8 Å². The van der Waals surface area contributed by atoms with Crippen LogP contribution in [0.4, 0.5) is 10.5 Å². The van der Waals surface area contributed by atoms with Crippen LogP contribution in [-0.2, 0) is 16.4 Å². The molecule has 0 spiro atoms. The number of aromatic nitrogens is 2. The molecule has 1 aliphatic heterocycles. The van der Waals surface area contributed by atoms with Crippen molar-refractivity contribution in [2.75, 3.05) is 25.0 Å². The highest BCUT2D eigenvalue weighted by atomic mass is 32.2. The maximum absolute atomic E-state index is 12.9. The van der Waals surface area contributed by atoms with Crippen LogP contribution in [0, 0.1) is 0 Å². The van der Waals surface area contributed by atoms with E-state index in [-0.39, 0.29) is 10.8 Å². The summed E-state index contributed by atoms with van der Waals surface area (Å²) in [6, 6.07) is 6.00. The molecule has 1 fully saturated rings. The van der Waals surface area contributed by atoms with E-state index in [0.29, 0.717) is 49.9 Å². The van der Waals surface area contributed by atoms with Crippen molar-refractivity contribution in [2.24, 2.45) is 0 Å². The van der Waals surface area contributed by atoms with Gasteiger partial charge in [-0.3, -0.25) is 0 Å². The first kappa shape index (κ1) is 23.2. The normalized spacial score (nSPS) is 15.6. The van der Waals surface area contributed by atoms with Gasteiger partial charge in [0.15, 0.2) is 5.82 Å². The van der Waals surface area contributed by atoms with Gasteiger partial charge in [-0.05, 0) is 37.5 Å². The molecule has 9 nitrogen and oxygen atoms in total. The van der Waals surface area contributed by atoms with Gasteiger partial charge in [-0.2, -0.15) is 9.29 Å². The fraction of sp³-hybridized carbons (Fsp3) is 0.571. The zero-order valence-electron chi connectivity index (χ0n) is 18.1. The Morgan fingerprint density at radius 2 is 1.94 bits per heavy atom. The van der Waals surface area contributed by atoms with Crippen molar-refractivity contribution in [2.45, 2.75) is 63.2 Å². The number of aryl methyl sites for hydroxylation is 1. The Morgan fingerprint density at radius 1 is 1.19 bits per heavy atom. The smallest absolute Gasteiger partial charge is 0.319 e. The maximum Gasteiger partial charge on any atom is 0.319 e. The van der Waals surface area contributed by atoms with E-state index >= 15 is 0 Å². The van der Waals surface area contributed by atoms with Crippen molar-refractivity contribution in [3.63, 3.8) is 0 Å². The Hall–Kier alpha value is -2.46. The third kappa shape index (κ3) is 6.51.